The molecule has 4 nitrogen and oxygen atoms in total. The second-order valence-corrected chi connectivity index (χ2v) is 4.51. The van der Waals surface area contributed by atoms with Crippen molar-refractivity contribution in [2.24, 2.45) is 0 Å². The Morgan fingerprint density at radius 1 is 1.26 bits per heavy atom. The van der Waals surface area contributed by atoms with Gasteiger partial charge in [0.25, 0.3) is 0 Å². The number of hydrogen-bond donors (Lipinski definition) is 1. The van der Waals surface area contributed by atoms with Crippen molar-refractivity contribution in [3.8, 4) is 0 Å². The summed E-state index contributed by atoms with van der Waals surface area (Å²) in [6.45, 7) is 2.68. The molecule has 4 heteroatoms. The lowest BCUT2D eigenvalue weighted by Gasteiger charge is -2.19. The van der Waals surface area contributed by atoms with E-state index < -0.39 is 5.97 Å². The Bertz CT molecular complexity index is 579. The summed E-state index contributed by atoms with van der Waals surface area (Å²) >= 11 is 0. The van der Waals surface area contributed by atoms with Gasteiger partial charge in [-0.15, -0.1) is 0 Å². The second kappa shape index (κ2) is 5.52. The standard InChI is InChI=1S/C15H16N2O2/c1-11-9-14(7-8-16-11)17(2)10-12-3-5-13(6-4-12)15(18)19/h3-9H,10H2,1-2H3,(H,18,19). The average molecular weight is 256 g/mol. The Morgan fingerprint density at radius 3 is 2.53 bits per heavy atom. The molecule has 0 radical (unpaired) electrons. The highest BCUT2D eigenvalue weighted by Gasteiger charge is 2.05. The number of benzene rings is 1. The van der Waals surface area contributed by atoms with Gasteiger partial charge in [0.1, 0.15) is 0 Å². The summed E-state index contributed by atoms with van der Waals surface area (Å²) < 4.78 is 0. The van der Waals surface area contributed by atoms with Gasteiger partial charge >= 0.3 is 5.97 Å². The fourth-order valence-corrected chi connectivity index (χ4v) is 1.89. The van der Waals surface area contributed by atoms with E-state index >= 15 is 0 Å². The first-order valence-corrected chi connectivity index (χ1v) is 6.02. The number of hydrogen-bond acceptors (Lipinski definition) is 3. The Kier molecular flexibility index (Phi) is 3.80. The van der Waals surface area contributed by atoms with Crippen molar-refractivity contribution in [2.75, 3.05) is 11.9 Å². The van der Waals surface area contributed by atoms with Crippen LogP contribution in [-0.2, 0) is 6.54 Å². The Hall–Kier alpha value is -2.36. The Labute approximate surface area is 112 Å². The third-order valence-corrected chi connectivity index (χ3v) is 2.94. The molecule has 0 unspecified atom stereocenters. The van der Waals surface area contributed by atoms with Crippen LogP contribution in [0.4, 0.5) is 5.69 Å². The highest BCUT2D eigenvalue weighted by Crippen LogP contribution is 2.16. The van der Waals surface area contributed by atoms with Gasteiger partial charge in [0.05, 0.1) is 5.56 Å². The molecule has 2 aromatic rings. The molecule has 19 heavy (non-hydrogen) atoms. The lowest BCUT2D eigenvalue weighted by Crippen LogP contribution is -2.16. The zero-order valence-electron chi connectivity index (χ0n) is 11.0. The van der Waals surface area contributed by atoms with E-state index in [9.17, 15) is 4.79 Å². The van der Waals surface area contributed by atoms with Crippen molar-refractivity contribution >= 4 is 11.7 Å². The van der Waals surface area contributed by atoms with Crippen LogP contribution in [-0.4, -0.2) is 23.1 Å². The molecular weight excluding hydrogens is 240 g/mol. The van der Waals surface area contributed by atoms with E-state index in [2.05, 4.69) is 9.88 Å². The summed E-state index contributed by atoms with van der Waals surface area (Å²) in [5.41, 5.74) is 3.45. The molecule has 1 aromatic heterocycles. The maximum Gasteiger partial charge on any atom is 0.335 e. The molecule has 0 aliphatic carbocycles. The molecule has 0 fully saturated rings. The topological polar surface area (TPSA) is 53.4 Å². The van der Waals surface area contributed by atoms with Crippen LogP contribution in [0.1, 0.15) is 21.6 Å². The number of pyridine rings is 1. The number of carboxylic acids is 1. The summed E-state index contributed by atoms with van der Waals surface area (Å²) in [5, 5.41) is 8.85. The highest BCUT2D eigenvalue weighted by atomic mass is 16.4. The van der Waals surface area contributed by atoms with Gasteiger partial charge in [-0.3, -0.25) is 4.98 Å². The predicted octanol–water partition coefficient (Wildman–Crippen LogP) is 2.72. The van der Waals surface area contributed by atoms with Crippen molar-refractivity contribution in [3.05, 3.63) is 59.4 Å². The van der Waals surface area contributed by atoms with Crippen LogP contribution in [0.25, 0.3) is 0 Å². The summed E-state index contributed by atoms with van der Waals surface area (Å²) in [6, 6.07) is 10.9. The maximum absolute atomic E-state index is 10.8. The highest BCUT2D eigenvalue weighted by molar-refractivity contribution is 5.87. The van der Waals surface area contributed by atoms with Gasteiger partial charge < -0.3 is 10.0 Å². The summed E-state index contributed by atoms with van der Waals surface area (Å²) in [7, 11) is 2.00. The van der Waals surface area contributed by atoms with Gasteiger partial charge in [-0.05, 0) is 36.8 Å². The van der Waals surface area contributed by atoms with E-state index in [1.165, 1.54) is 0 Å². The van der Waals surface area contributed by atoms with Gasteiger partial charge in [-0.2, -0.15) is 0 Å². The van der Waals surface area contributed by atoms with Crippen LogP contribution in [0.15, 0.2) is 42.6 Å². The minimum atomic E-state index is -0.898. The van der Waals surface area contributed by atoms with Crippen molar-refractivity contribution < 1.29 is 9.90 Å². The smallest absolute Gasteiger partial charge is 0.335 e. The molecule has 98 valence electrons. The van der Waals surface area contributed by atoms with E-state index in [0.29, 0.717) is 5.56 Å². The zero-order valence-corrected chi connectivity index (χ0v) is 11.0. The third kappa shape index (κ3) is 3.31. The molecule has 2 rings (SSSR count). The van der Waals surface area contributed by atoms with Crippen molar-refractivity contribution in [1.29, 1.82) is 0 Å². The number of carbonyl (C=O) groups is 1. The number of anilines is 1. The monoisotopic (exact) mass is 256 g/mol. The molecule has 0 atom stereocenters. The van der Waals surface area contributed by atoms with E-state index in [1.54, 1.807) is 18.3 Å². The van der Waals surface area contributed by atoms with Crippen molar-refractivity contribution in [1.82, 2.24) is 4.98 Å². The average Bonchev–Trinajstić information content (AvgIpc) is 2.39. The number of aromatic nitrogens is 1. The van der Waals surface area contributed by atoms with Crippen molar-refractivity contribution in [3.63, 3.8) is 0 Å². The van der Waals surface area contributed by atoms with Gasteiger partial charge in [-0.1, -0.05) is 12.1 Å². The summed E-state index contributed by atoms with van der Waals surface area (Å²) in [6.07, 6.45) is 1.79. The van der Waals surface area contributed by atoms with Gasteiger partial charge in [0, 0.05) is 31.2 Å². The molecule has 1 heterocycles. The second-order valence-electron chi connectivity index (χ2n) is 4.51. The van der Waals surface area contributed by atoms with E-state index in [4.69, 9.17) is 5.11 Å². The van der Waals surface area contributed by atoms with Gasteiger partial charge in [-0.25, -0.2) is 4.79 Å². The molecular formula is C15H16N2O2. The number of carboxylic acid groups (broad SMARTS) is 1. The third-order valence-electron chi connectivity index (χ3n) is 2.94. The number of aromatic carboxylic acids is 1. The first kappa shape index (κ1) is 13.1. The minimum Gasteiger partial charge on any atom is -0.478 e. The molecule has 0 saturated heterocycles. The normalized spacial score (nSPS) is 10.2. The van der Waals surface area contributed by atoms with Gasteiger partial charge in [0.15, 0.2) is 0 Å². The Morgan fingerprint density at radius 2 is 1.95 bits per heavy atom. The first-order valence-electron chi connectivity index (χ1n) is 6.02. The number of aryl methyl sites for hydroxylation is 1. The van der Waals surface area contributed by atoms with E-state index in [1.807, 2.05) is 38.2 Å². The van der Waals surface area contributed by atoms with E-state index in [-0.39, 0.29) is 0 Å². The molecule has 0 spiro atoms. The number of rotatable bonds is 4. The lowest BCUT2D eigenvalue weighted by molar-refractivity contribution is 0.0697. The van der Waals surface area contributed by atoms with Crippen LogP contribution >= 0.6 is 0 Å². The molecule has 0 saturated carbocycles. The largest absolute Gasteiger partial charge is 0.478 e. The van der Waals surface area contributed by atoms with Crippen LogP contribution in [0.3, 0.4) is 0 Å². The number of nitrogens with zero attached hydrogens (tertiary/aromatic N) is 2. The fourth-order valence-electron chi connectivity index (χ4n) is 1.89. The predicted molar refractivity (Wildman–Crippen MR) is 74.5 cm³/mol. The van der Waals surface area contributed by atoms with Gasteiger partial charge in [0.2, 0.25) is 0 Å². The van der Waals surface area contributed by atoms with E-state index in [0.717, 1.165) is 23.5 Å². The molecule has 0 amide bonds. The quantitative estimate of drug-likeness (QED) is 0.913. The first-order chi connectivity index (χ1) is 9.06. The Balaban J connectivity index is 2.10. The van der Waals surface area contributed by atoms with Crippen LogP contribution < -0.4 is 4.90 Å². The lowest BCUT2D eigenvalue weighted by atomic mass is 10.1. The zero-order chi connectivity index (χ0) is 13.8. The molecule has 0 aliphatic rings. The molecule has 0 bridgehead atoms. The minimum absolute atomic E-state index is 0.311. The summed E-state index contributed by atoms with van der Waals surface area (Å²) in [4.78, 5) is 17.0. The SMILES string of the molecule is Cc1cc(N(C)Cc2ccc(C(=O)O)cc2)ccn1. The van der Waals surface area contributed by atoms with Crippen LogP contribution in [0.5, 0.6) is 0 Å². The maximum atomic E-state index is 10.8. The van der Waals surface area contributed by atoms with Crippen LogP contribution in [0.2, 0.25) is 0 Å². The van der Waals surface area contributed by atoms with Crippen LogP contribution in [0, 0.1) is 6.92 Å². The fraction of sp³-hybridized carbons (Fsp3) is 0.200. The molecule has 1 N–H and O–H groups in total. The summed E-state index contributed by atoms with van der Waals surface area (Å²) in [5.74, 6) is -0.898. The van der Waals surface area contributed by atoms with Crippen molar-refractivity contribution in [2.45, 2.75) is 13.5 Å². The molecule has 0 aliphatic heterocycles. The molecule has 1 aromatic carbocycles.